The largest absolute Gasteiger partial charge is 0.452 e. The minimum Gasteiger partial charge on any atom is -0.427 e. The van der Waals surface area contributed by atoms with Crippen LogP contribution in [0.4, 0.5) is 0 Å². The van der Waals surface area contributed by atoms with E-state index in [-0.39, 0.29) is 5.92 Å². The van der Waals surface area contributed by atoms with Gasteiger partial charge in [-0.05, 0) is 28.6 Å². The molecule has 1 aliphatic rings. The first kappa shape index (κ1) is 10.6. The Morgan fingerprint density at radius 1 is 0.824 bits per heavy atom. The van der Waals surface area contributed by atoms with Crippen LogP contribution in [0.2, 0.25) is 6.32 Å². The molecular weight excluding hydrogens is 211 g/mol. The molecule has 3 rings (SSSR count). The van der Waals surface area contributed by atoms with Gasteiger partial charge in [-0.25, -0.2) is 0 Å². The van der Waals surface area contributed by atoms with Gasteiger partial charge in [-0.15, -0.1) is 0 Å². The van der Waals surface area contributed by atoms with E-state index in [9.17, 15) is 10.0 Å². The van der Waals surface area contributed by atoms with Crippen molar-refractivity contribution < 1.29 is 10.0 Å². The zero-order valence-electron chi connectivity index (χ0n) is 9.38. The van der Waals surface area contributed by atoms with Crippen LogP contribution in [0.3, 0.4) is 0 Å². The molecule has 0 saturated heterocycles. The van der Waals surface area contributed by atoms with Gasteiger partial charge in [0.25, 0.3) is 0 Å². The van der Waals surface area contributed by atoms with Crippen LogP contribution in [0.25, 0.3) is 11.1 Å². The fraction of sp³-hybridized carbons (Fsp3) is 0.143. The molecule has 2 nitrogen and oxygen atoms in total. The first-order chi connectivity index (χ1) is 8.27. The molecule has 0 unspecified atom stereocenters. The summed E-state index contributed by atoms with van der Waals surface area (Å²) in [4.78, 5) is 0. The molecule has 2 aromatic carbocycles. The molecule has 0 aliphatic heterocycles. The number of benzene rings is 2. The Bertz CT molecular complexity index is 506. The molecule has 3 heteroatoms. The lowest BCUT2D eigenvalue weighted by molar-refractivity contribution is 0.402. The second-order valence-corrected chi connectivity index (χ2v) is 4.44. The van der Waals surface area contributed by atoms with Gasteiger partial charge in [0, 0.05) is 5.92 Å². The first-order valence-electron chi connectivity index (χ1n) is 5.81. The molecule has 84 valence electrons. The Morgan fingerprint density at radius 3 is 1.76 bits per heavy atom. The van der Waals surface area contributed by atoms with Crippen LogP contribution in [0.5, 0.6) is 0 Å². The summed E-state index contributed by atoms with van der Waals surface area (Å²) in [5.74, 6) is 0.0994. The number of fused-ring (bicyclic) bond motifs is 3. The Balaban J connectivity index is 2.17. The van der Waals surface area contributed by atoms with Crippen LogP contribution in [-0.2, 0) is 0 Å². The molecule has 0 atom stereocenters. The van der Waals surface area contributed by atoms with Crippen LogP contribution in [0, 0.1) is 0 Å². The van der Waals surface area contributed by atoms with E-state index in [0.717, 1.165) is 0 Å². The molecule has 0 aromatic heterocycles. The molecule has 0 amide bonds. The standard InChI is InChI=1S/C14H13BO2/c16-15(17)9-14-12-7-3-1-5-10(12)11-6-2-4-8-13(11)14/h1-8,14,16-17H,9H2. The molecule has 1 aliphatic carbocycles. The predicted molar refractivity (Wildman–Crippen MR) is 68.7 cm³/mol. The summed E-state index contributed by atoms with van der Waals surface area (Å²) in [7, 11) is -1.26. The van der Waals surface area contributed by atoms with Gasteiger partial charge in [-0.2, -0.15) is 0 Å². The van der Waals surface area contributed by atoms with Gasteiger partial charge in [0.2, 0.25) is 0 Å². The Morgan fingerprint density at radius 2 is 1.29 bits per heavy atom. The van der Waals surface area contributed by atoms with Crippen molar-refractivity contribution in [3.63, 3.8) is 0 Å². The van der Waals surface area contributed by atoms with Gasteiger partial charge in [0.15, 0.2) is 0 Å². The lowest BCUT2D eigenvalue weighted by Crippen LogP contribution is -2.15. The van der Waals surface area contributed by atoms with Gasteiger partial charge in [0.1, 0.15) is 0 Å². The van der Waals surface area contributed by atoms with Gasteiger partial charge < -0.3 is 10.0 Å². The van der Waals surface area contributed by atoms with Crippen molar-refractivity contribution in [1.82, 2.24) is 0 Å². The van der Waals surface area contributed by atoms with E-state index in [1.165, 1.54) is 22.3 Å². The smallest absolute Gasteiger partial charge is 0.427 e. The van der Waals surface area contributed by atoms with E-state index < -0.39 is 7.12 Å². The van der Waals surface area contributed by atoms with Crippen molar-refractivity contribution in [3.8, 4) is 11.1 Å². The summed E-state index contributed by atoms with van der Waals surface area (Å²) in [5, 5.41) is 18.4. The number of hydrogen-bond acceptors (Lipinski definition) is 2. The summed E-state index contributed by atoms with van der Waals surface area (Å²) in [6, 6.07) is 16.4. The van der Waals surface area contributed by atoms with E-state index in [0.29, 0.717) is 6.32 Å². The van der Waals surface area contributed by atoms with Crippen LogP contribution < -0.4 is 0 Å². The van der Waals surface area contributed by atoms with E-state index in [4.69, 9.17) is 0 Å². The molecule has 0 spiro atoms. The lowest BCUT2D eigenvalue weighted by atomic mass is 9.75. The van der Waals surface area contributed by atoms with E-state index in [2.05, 4.69) is 24.3 Å². The number of rotatable bonds is 2. The second-order valence-electron chi connectivity index (χ2n) is 4.44. The summed E-state index contributed by atoms with van der Waals surface area (Å²) in [5.41, 5.74) is 4.83. The minimum atomic E-state index is -1.26. The quantitative estimate of drug-likeness (QED) is 0.768. The normalized spacial score (nSPS) is 13.3. The number of hydrogen-bond donors (Lipinski definition) is 2. The van der Waals surface area contributed by atoms with Crippen molar-refractivity contribution >= 4 is 7.12 Å². The van der Waals surface area contributed by atoms with Crippen molar-refractivity contribution in [3.05, 3.63) is 59.7 Å². The van der Waals surface area contributed by atoms with Crippen LogP contribution >= 0.6 is 0 Å². The minimum absolute atomic E-state index is 0.0994. The highest BCUT2D eigenvalue weighted by atomic mass is 16.4. The molecule has 0 fully saturated rings. The average Bonchev–Trinajstić information content (AvgIpc) is 2.65. The Kier molecular flexibility index (Phi) is 2.50. The third kappa shape index (κ3) is 1.68. The van der Waals surface area contributed by atoms with Crippen molar-refractivity contribution in [2.24, 2.45) is 0 Å². The zero-order chi connectivity index (χ0) is 11.8. The highest BCUT2D eigenvalue weighted by Gasteiger charge is 2.30. The highest BCUT2D eigenvalue weighted by Crippen LogP contribution is 2.46. The second kappa shape index (κ2) is 4.02. The maximum absolute atomic E-state index is 9.22. The van der Waals surface area contributed by atoms with Gasteiger partial charge in [-0.3, -0.25) is 0 Å². The molecular formula is C14H13BO2. The molecule has 2 aromatic rings. The maximum atomic E-state index is 9.22. The van der Waals surface area contributed by atoms with Crippen molar-refractivity contribution in [1.29, 1.82) is 0 Å². The molecule has 2 N–H and O–H groups in total. The molecule has 17 heavy (non-hydrogen) atoms. The maximum Gasteiger partial charge on any atom is 0.452 e. The van der Waals surface area contributed by atoms with Crippen LogP contribution in [-0.4, -0.2) is 17.2 Å². The highest BCUT2D eigenvalue weighted by molar-refractivity contribution is 6.41. The predicted octanol–water partition coefficient (Wildman–Crippen LogP) is 2.27. The van der Waals surface area contributed by atoms with Crippen molar-refractivity contribution in [2.75, 3.05) is 0 Å². The van der Waals surface area contributed by atoms with Crippen LogP contribution in [0.15, 0.2) is 48.5 Å². The summed E-state index contributed by atoms with van der Waals surface area (Å²) in [6.45, 7) is 0. The molecule has 0 saturated carbocycles. The van der Waals surface area contributed by atoms with Crippen molar-refractivity contribution in [2.45, 2.75) is 12.2 Å². The van der Waals surface area contributed by atoms with E-state index in [1.807, 2.05) is 24.3 Å². The third-order valence-electron chi connectivity index (χ3n) is 3.41. The summed E-state index contributed by atoms with van der Waals surface area (Å²) >= 11 is 0. The molecule has 0 bridgehead atoms. The molecule has 0 radical (unpaired) electrons. The van der Waals surface area contributed by atoms with Gasteiger partial charge in [0.05, 0.1) is 0 Å². The van der Waals surface area contributed by atoms with Gasteiger partial charge in [-0.1, -0.05) is 48.5 Å². The van der Waals surface area contributed by atoms with E-state index >= 15 is 0 Å². The molecule has 0 heterocycles. The monoisotopic (exact) mass is 224 g/mol. The zero-order valence-corrected chi connectivity index (χ0v) is 9.38. The third-order valence-corrected chi connectivity index (χ3v) is 3.41. The summed E-state index contributed by atoms with van der Waals surface area (Å²) < 4.78 is 0. The lowest BCUT2D eigenvalue weighted by Gasteiger charge is -2.12. The Hall–Kier alpha value is -1.58. The van der Waals surface area contributed by atoms with Gasteiger partial charge >= 0.3 is 7.12 Å². The topological polar surface area (TPSA) is 40.5 Å². The fourth-order valence-corrected chi connectivity index (χ4v) is 2.72. The SMILES string of the molecule is OB(O)CC1c2ccccc2-c2ccccc21. The van der Waals surface area contributed by atoms with E-state index in [1.54, 1.807) is 0 Å². The van der Waals surface area contributed by atoms with Crippen LogP contribution in [0.1, 0.15) is 17.0 Å². The average molecular weight is 224 g/mol. The Labute approximate surface area is 101 Å². The summed E-state index contributed by atoms with van der Waals surface area (Å²) in [6.07, 6.45) is 0.355. The fourth-order valence-electron chi connectivity index (χ4n) is 2.72. The first-order valence-corrected chi connectivity index (χ1v) is 5.81.